The van der Waals surface area contributed by atoms with E-state index in [9.17, 15) is 23.9 Å². The van der Waals surface area contributed by atoms with Gasteiger partial charge in [-0.05, 0) is 52.9 Å². The summed E-state index contributed by atoms with van der Waals surface area (Å²) in [6.45, 7) is 0.544. The first-order chi connectivity index (χ1) is 18.9. The van der Waals surface area contributed by atoms with E-state index in [0.717, 1.165) is 5.56 Å². The van der Waals surface area contributed by atoms with Gasteiger partial charge in [-0.2, -0.15) is 0 Å². The first kappa shape index (κ1) is 27.3. The number of rotatable bonds is 11. The fourth-order valence-electron chi connectivity index (χ4n) is 4.34. The van der Waals surface area contributed by atoms with E-state index in [1.165, 1.54) is 17.0 Å². The number of hydrogen-bond acceptors (Lipinski definition) is 3. The number of nitrogens with one attached hydrogen (secondary N) is 1. The third kappa shape index (κ3) is 7.38. The van der Waals surface area contributed by atoms with Crippen LogP contribution in [-0.2, 0) is 17.8 Å². The molecule has 0 aliphatic heterocycles. The Hall–Kier alpha value is -4.78. The number of carboxylic acids is 1. The minimum atomic E-state index is -1.03. The number of nitrogens with zero attached hydrogens (tertiary/aromatic N) is 1. The summed E-state index contributed by atoms with van der Waals surface area (Å²) in [5.74, 6) is -2.06. The average molecular weight is 525 g/mol. The van der Waals surface area contributed by atoms with Crippen LogP contribution in [0.5, 0.6) is 0 Å². The quantitative estimate of drug-likeness (QED) is 0.268. The van der Waals surface area contributed by atoms with E-state index < -0.39 is 11.8 Å². The second-order valence-corrected chi connectivity index (χ2v) is 9.08. The molecule has 0 saturated heterocycles. The van der Waals surface area contributed by atoms with Gasteiger partial charge in [-0.1, -0.05) is 78.9 Å². The van der Waals surface area contributed by atoms with Gasteiger partial charge in [-0.15, -0.1) is 0 Å². The molecular formula is C32H29FN2O4. The molecule has 0 aromatic heterocycles. The molecule has 0 bridgehead atoms. The Labute approximate surface area is 226 Å². The molecule has 7 heteroatoms. The molecule has 0 saturated carbocycles. The summed E-state index contributed by atoms with van der Waals surface area (Å²) in [5.41, 5.74) is 3.72. The zero-order chi connectivity index (χ0) is 27.6. The molecule has 2 amide bonds. The van der Waals surface area contributed by atoms with E-state index in [0.29, 0.717) is 40.8 Å². The maximum Gasteiger partial charge on any atom is 0.305 e. The molecule has 6 nitrogen and oxygen atoms in total. The number of hydrogen-bond donors (Lipinski definition) is 2. The molecule has 4 aromatic carbocycles. The van der Waals surface area contributed by atoms with Gasteiger partial charge < -0.3 is 15.3 Å². The van der Waals surface area contributed by atoms with Crippen molar-refractivity contribution in [3.63, 3.8) is 0 Å². The number of aliphatic carboxylic acids is 1. The Kier molecular flexibility index (Phi) is 9.19. The summed E-state index contributed by atoms with van der Waals surface area (Å²) >= 11 is 0. The van der Waals surface area contributed by atoms with Gasteiger partial charge in [-0.25, -0.2) is 4.39 Å². The van der Waals surface area contributed by atoms with Crippen molar-refractivity contribution in [3.05, 3.63) is 131 Å². The molecular weight excluding hydrogens is 495 g/mol. The highest BCUT2D eigenvalue weighted by Gasteiger charge is 2.23. The molecule has 0 heterocycles. The number of amides is 2. The van der Waals surface area contributed by atoms with Crippen molar-refractivity contribution in [1.82, 2.24) is 10.2 Å². The Bertz CT molecular complexity index is 1440. The van der Waals surface area contributed by atoms with Crippen LogP contribution in [0.3, 0.4) is 0 Å². The van der Waals surface area contributed by atoms with Gasteiger partial charge in [0.05, 0.1) is 6.42 Å². The molecule has 0 atom stereocenters. The van der Waals surface area contributed by atoms with Crippen LogP contribution in [0.25, 0.3) is 11.1 Å². The van der Waals surface area contributed by atoms with Gasteiger partial charge in [-0.3, -0.25) is 14.4 Å². The van der Waals surface area contributed by atoms with Gasteiger partial charge in [0.1, 0.15) is 5.82 Å². The number of carbonyl (C=O) groups is 3. The smallest absolute Gasteiger partial charge is 0.305 e. The lowest BCUT2D eigenvalue weighted by Gasteiger charge is -2.24. The Balaban J connectivity index is 1.60. The summed E-state index contributed by atoms with van der Waals surface area (Å²) in [6, 6.07) is 29.6. The third-order valence-corrected chi connectivity index (χ3v) is 6.33. The number of benzene rings is 4. The minimum Gasteiger partial charge on any atom is -0.481 e. The second-order valence-electron chi connectivity index (χ2n) is 9.08. The van der Waals surface area contributed by atoms with Crippen LogP contribution in [0.1, 0.15) is 38.3 Å². The summed E-state index contributed by atoms with van der Waals surface area (Å²) in [4.78, 5) is 39.7. The van der Waals surface area contributed by atoms with Gasteiger partial charge >= 0.3 is 5.97 Å². The zero-order valence-electron chi connectivity index (χ0n) is 21.3. The maximum atomic E-state index is 13.8. The lowest BCUT2D eigenvalue weighted by atomic mass is 9.94. The van der Waals surface area contributed by atoms with Crippen molar-refractivity contribution in [1.29, 1.82) is 0 Å². The molecule has 0 spiro atoms. The van der Waals surface area contributed by atoms with E-state index in [1.54, 1.807) is 60.7 Å². The highest BCUT2D eigenvalue weighted by atomic mass is 19.1. The number of halogens is 1. The first-order valence-electron chi connectivity index (χ1n) is 12.7. The maximum absolute atomic E-state index is 13.8. The molecule has 0 fully saturated rings. The highest BCUT2D eigenvalue weighted by molar-refractivity contribution is 6.06. The van der Waals surface area contributed by atoms with Gasteiger partial charge in [0.2, 0.25) is 0 Å². The molecule has 0 aliphatic rings. The molecule has 198 valence electrons. The molecule has 0 radical (unpaired) electrons. The zero-order valence-corrected chi connectivity index (χ0v) is 21.3. The van der Waals surface area contributed by atoms with Crippen LogP contribution in [0.4, 0.5) is 4.39 Å². The Morgan fingerprint density at radius 1 is 0.718 bits per heavy atom. The van der Waals surface area contributed by atoms with Crippen LogP contribution in [0.2, 0.25) is 0 Å². The molecule has 0 unspecified atom stereocenters. The fourth-order valence-corrected chi connectivity index (χ4v) is 4.34. The van der Waals surface area contributed by atoms with Crippen molar-refractivity contribution >= 4 is 17.8 Å². The van der Waals surface area contributed by atoms with E-state index >= 15 is 0 Å². The Morgan fingerprint density at radius 2 is 1.31 bits per heavy atom. The Morgan fingerprint density at radius 3 is 1.97 bits per heavy atom. The lowest BCUT2D eigenvalue weighted by molar-refractivity contribution is -0.137. The average Bonchev–Trinajstić information content (AvgIpc) is 2.96. The normalized spacial score (nSPS) is 10.6. The van der Waals surface area contributed by atoms with Crippen molar-refractivity contribution < 1.29 is 23.9 Å². The van der Waals surface area contributed by atoms with Crippen LogP contribution in [0.15, 0.2) is 103 Å². The molecule has 0 aliphatic carbocycles. The van der Waals surface area contributed by atoms with Crippen molar-refractivity contribution in [2.75, 3.05) is 13.1 Å². The molecule has 39 heavy (non-hydrogen) atoms. The molecule has 4 aromatic rings. The van der Waals surface area contributed by atoms with Gasteiger partial charge in [0, 0.05) is 30.8 Å². The number of carboxylic acid groups (broad SMARTS) is 1. The standard InChI is InChI=1S/C32H29FN2O4/c33-25-16-14-24(15-17-25)22-35(21-19-30(36)37)32(39)29-13-7-5-11-27(29)26-10-4-6-12-28(26)31(38)34-20-18-23-8-2-1-3-9-23/h1-17H,18-22H2,(H,34,38)(H,36,37). The summed E-state index contributed by atoms with van der Waals surface area (Å²) in [6.07, 6.45) is 0.446. The third-order valence-electron chi connectivity index (χ3n) is 6.33. The SMILES string of the molecule is O=C(O)CCN(Cc1ccc(F)cc1)C(=O)c1ccccc1-c1ccccc1C(=O)NCCc1ccccc1. The van der Waals surface area contributed by atoms with Crippen LogP contribution in [0, 0.1) is 5.82 Å². The van der Waals surface area contributed by atoms with Gasteiger partial charge in [0.25, 0.3) is 11.8 Å². The van der Waals surface area contributed by atoms with E-state index in [2.05, 4.69) is 5.32 Å². The van der Waals surface area contributed by atoms with Crippen molar-refractivity contribution in [3.8, 4) is 11.1 Å². The lowest BCUT2D eigenvalue weighted by Crippen LogP contribution is -2.33. The second kappa shape index (κ2) is 13.1. The van der Waals surface area contributed by atoms with Crippen LogP contribution >= 0.6 is 0 Å². The van der Waals surface area contributed by atoms with Crippen molar-refractivity contribution in [2.24, 2.45) is 0 Å². The molecule has 4 rings (SSSR count). The van der Waals surface area contributed by atoms with Crippen LogP contribution in [-0.4, -0.2) is 40.9 Å². The van der Waals surface area contributed by atoms with Crippen molar-refractivity contribution in [2.45, 2.75) is 19.4 Å². The monoisotopic (exact) mass is 524 g/mol. The van der Waals surface area contributed by atoms with E-state index in [4.69, 9.17) is 0 Å². The highest BCUT2D eigenvalue weighted by Crippen LogP contribution is 2.29. The van der Waals surface area contributed by atoms with Crippen LogP contribution < -0.4 is 5.32 Å². The summed E-state index contributed by atoms with van der Waals surface area (Å²) in [7, 11) is 0. The largest absolute Gasteiger partial charge is 0.481 e. The predicted molar refractivity (Wildman–Crippen MR) is 148 cm³/mol. The summed E-state index contributed by atoms with van der Waals surface area (Å²) in [5, 5.41) is 12.2. The summed E-state index contributed by atoms with van der Waals surface area (Å²) < 4.78 is 13.4. The minimum absolute atomic E-state index is 0.0263. The molecule has 2 N–H and O–H groups in total. The predicted octanol–water partition coefficient (Wildman–Crippen LogP) is 5.58. The number of carbonyl (C=O) groups excluding carboxylic acids is 2. The topological polar surface area (TPSA) is 86.7 Å². The van der Waals surface area contributed by atoms with E-state index in [1.807, 2.05) is 30.3 Å². The fraction of sp³-hybridized carbons (Fsp3) is 0.156. The van der Waals surface area contributed by atoms with E-state index in [-0.39, 0.29) is 31.3 Å². The first-order valence-corrected chi connectivity index (χ1v) is 12.7. The van der Waals surface area contributed by atoms with Gasteiger partial charge in [0.15, 0.2) is 0 Å².